The maximum atomic E-state index is 12.6. The van der Waals surface area contributed by atoms with E-state index < -0.39 is 12.1 Å². The molecule has 0 aliphatic rings. The number of rotatable bonds is 5. The molecule has 3 nitrogen and oxygen atoms in total. The van der Waals surface area contributed by atoms with Gasteiger partial charge in [0.1, 0.15) is 0 Å². The van der Waals surface area contributed by atoms with E-state index in [2.05, 4.69) is 5.10 Å². The van der Waals surface area contributed by atoms with E-state index in [1.807, 2.05) is 36.5 Å². The molecule has 0 radical (unpaired) electrons. The molecule has 1 aromatic heterocycles. The van der Waals surface area contributed by atoms with Gasteiger partial charge < -0.3 is 4.90 Å². The molecule has 1 atom stereocenters. The second kappa shape index (κ2) is 6.30. The Hall–Kier alpha value is -1.82. The molecule has 0 unspecified atom stereocenters. The molecule has 114 valence electrons. The van der Waals surface area contributed by atoms with Crippen molar-refractivity contribution in [1.29, 1.82) is 0 Å². The summed E-state index contributed by atoms with van der Waals surface area (Å²) in [6.07, 6.45) is -0.635. The lowest BCUT2D eigenvalue weighted by Gasteiger charge is -2.23. The first kappa shape index (κ1) is 15.6. The molecular formula is C15H18F3N3. The smallest absolute Gasteiger partial charge is 0.302 e. The van der Waals surface area contributed by atoms with Gasteiger partial charge in [-0.25, -0.2) is 4.68 Å². The highest BCUT2D eigenvalue weighted by molar-refractivity contribution is 5.34. The zero-order valence-electron chi connectivity index (χ0n) is 12.0. The van der Waals surface area contributed by atoms with Crippen molar-refractivity contribution in [1.82, 2.24) is 14.7 Å². The number of hydrogen-bond acceptors (Lipinski definition) is 2. The van der Waals surface area contributed by atoms with Gasteiger partial charge in [0.05, 0.1) is 11.6 Å². The number of alkyl halides is 3. The molecule has 0 aliphatic carbocycles. The standard InChI is InChI=1S/C15H18F3N3/c1-12(15(16,17)18)10-20(2)11-13-5-3-6-14(9-13)21-8-4-7-19-21/h3-9,12H,10-11H2,1-2H3/t12-/m0/s1. The predicted octanol–water partition coefficient (Wildman–Crippen LogP) is 3.50. The van der Waals surface area contributed by atoms with E-state index in [1.54, 1.807) is 22.8 Å². The molecule has 0 aliphatic heterocycles. The van der Waals surface area contributed by atoms with Crippen LogP contribution < -0.4 is 0 Å². The molecule has 0 fully saturated rings. The average Bonchev–Trinajstić information content (AvgIpc) is 2.91. The summed E-state index contributed by atoms with van der Waals surface area (Å²) in [7, 11) is 1.70. The Morgan fingerprint density at radius 2 is 2.05 bits per heavy atom. The van der Waals surface area contributed by atoms with Crippen molar-refractivity contribution in [2.75, 3.05) is 13.6 Å². The van der Waals surface area contributed by atoms with Gasteiger partial charge in [0, 0.05) is 25.5 Å². The van der Waals surface area contributed by atoms with Gasteiger partial charge in [-0.2, -0.15) is 18.3 Å². The summed E-state index contributed by atoms with van der Waals surface area (Å²) in [5, 5.41) is 4.14. The van der Waals surface area contributed by atoms with Gasteiger partial charge in [0.25, 0.3) is 0 Å². The highest BCUT2D eigenvalue weighted by Gasteiger charge is 2.36. The maximum absolute atomic E-state index is 12.6. The minimum atomic E-state index is -4.15. The van der Waals surface area contributed by atoms with E-state index >= 15 is 0 Å². The van der Waals surface area contributed by atoms with Crippen molar-refractivity contribution in [2.24, 2.45) is 5.92 Å². The highest BCUT2D eigenvalue weighted by atomic mass is 19.4. The molecule has 2 aromatic rings. The van der Waals surface area contributed by atoms with Crippen LogP contribution in [-0.4, -0.2) is 34.4 Å². The lowest BCUT2D eigenvalue weighted by Crippen LogP contribution is -2.32. The number of hydrogen-bond donors (Lipinski definition) is 0. The van der Waals surface area contributed by atoms with Crippen LogP contribution in [0, 0.1) is 5.92 Å². The summed E-state index contributed by atoms with van der Waals surface area (Å²) in [5.74, 6) is -1.34. The van der Waals surface area contributed by atoms with E-state index in [0.29, 0.717) is 6.54 Å². The van der Waals surface area contributed by atoms with Crippen LogP contribution >= 0.6 is 0 Å². The fourth-order valence-electron chi connectivity index (χ4n) is 2.17. The van der Waals surface area contributed by atoms with Gasteiger partial charge in [-0.1, -0.05) is 19.1 Å². The molecular weight excluding hydrogens is 279 g/mol. The van der Waals surface area contributed by atoms with Crippen LogP contribution in [0.3, 0.4) is 0 Å². The van der Waals surface area contributed by atoms with Crippen LogP contribution in [0.2, 0.25) is 0 Å². The molecule has 2 rings (SSSR count). The Morgan fingerprint density at radius 1 is 1.29 bits per heavy atom. The van der Waals surface area contributed by atoms with E-state index in [4.69, 9.17) is 0 Å². The number of nitrogens with zero attached hydrogens (tertiary/aromatic N) is 3. The van der Waals surface area contributed by atoms with Crippen LogP contribution in [0.1, 0.15) is 12.5 Å². The summed E-state index contributed by atoms with van der Waals surface area (Å²) in [4.78, 5) is 1.68. The molecule has 0 saturated carbocycles. The predicted molar refractivity (Wildman–Crippen MR) is 75.1 cm³/mol. The van der Waals surface area contributed by atoms with Crippen LogP contribution in [-0.2, 0) is 6.54 Å². The van der Waals surface area contributed by atoms with Crippen LogP contribution in [0.5, 0.6) is 0 Å². The summed E-state index contributed by atoms with van der Waals surface area (Å²) >= 11 is 0. The van der Waals surface area contributed by atoms with Crippen molar-refractivity contribution < 1.29 is 13.2 Å². The van der Waals surface area contributed by atoms with E-state index in [1.165, 1.54) is 6.92 Å². The molecule has 0 amide bonds. The summed E-state index contributed by atoms with van der Waals surface area (Å²) in [6, 6.07) is 9.45. The van der Waals surface area contributed by atoms with Crippen molar-refractivity contribution in [3.63, 3.8) is 0 Å². The second-order valence-electron chi connectivity index (χ2n) is 5.26. The first-order valence-electron chi connectivity index (χ1n) is 6.70. The minimum Gasteiger partial charge on any atom is -0.302 e. The third kappa shape index (κ3) is 4.32. The monoisotopic (exact) mass is 297 g/mol. The van der Waals surface area contributed by atoms with Gasteiger partial charge in [-0.3, -0.25) is 0 Å². The molecule has 0 spiro atoms. The Labute approximate surface area is 122 Å². The SMILES string of the molecule is C[C@@H](CN(C)Cc1cccc(-n2cccn2)c1)C(F)(F)F. The van der Waals surface area contributed by atoms with Crippen molar-refractivity contribution in [3.05, 3.63) is 48.3 Å². The van der Waals surface area contributed by atoms with Crippen molar-refractivity contribution in [3.8, 4) is 5.69 Å². The molecule has 1 heterocycles. The fraction of sp³-hybridized carbons (Fsp3) is 0.400. The largest absolute Gasteiger partial charge is 0.392 e. The van der Waals surface area contributed by atoms with Gasteiger partial charge >= 0.3 is 6.18 Å². The third-order valence-corrected chi connectivity index (χ3v) is 3.28. The van der Waals surface area contributed by atoms with Gasteiger partial charge in [-0.05, 0) is 30.8 Å². The van der Waals surface area contributed by atoms with Gasteiger partial charge in [-0.15, -0.1) is 0 Å². The zero-order chi connectivity index (χ0) is 15.5. The lowest BCUT2D eigenvalue weighted by atomic mass is 10.1. The van der Waals surface area contributed by atoms with Crippen LogP contribution in [0.15, 0.2) is 42.7 Å². The topological polar surface area (TPSA) is 21.1 Å². The van der Waals surface area contributed by atoms with E-state index in [9.17, 15) is 13.2 Å². The number of halogens is 3. The second-order valence-corrected chi connectivity index (χ2v) is 5.26. The minimum absolute atomic E-state index is 0.0184. The number of aromatic nitrogens is 2. The zero-order valence-corrected chi connectivity index (χ0v) is 12.0. The Bertz CT molecular complexity index is 564. The Morgan fingerprint density at radius 3 is 2.67 bits per heavy atom. The fourth-order valence-corrected chi connectivity index (χ4v) is 2.17. The average molecular weight is 297 g/mol. The quantitative estimate of drug-likeness (QED) is 0.842. The number of benzene rings is 1. The van der Waals surface area contributed by atoms with Crippen molar-refractivity contribution in [2.45, 2.75) is 19.6 Å². The molecule has 0 saturated heterocycles. The first-order valence-corrected chi connectivity index (χ1v) is 6.70. The highest BCUT2D eigenvalue weighted by Crippen LogP contribution is 2.26. The van der Waals surface area contributed by atoms with E-state index in [-0.39, 0.29) is 6.54 Å². The third-order valence-electron chi connectivity index (χ3n) is 3.28. The molecule has 0 bridgehead atoms. The first-order chi connectivity index (χ1) is 9.86. The van der Waals surface area contributed by atoms with Gasteiger partial charge in [0.2, 0.25) is 0 Å². The van der Waals surface area contributed by atoms with Gasteiger partial charge in [0.15, 0.2) is 0 Å². The maximum Gasteiger partial charge on any atom is 0.392 e. The normalized spacial score (nSPS) is 13.6. The van der Waals surface area contributed by atoms with Crippen LogP contribution in [0.25, 0.3) is 5.69 Å². The van der Waals surface area contributed by atoms with E-state index in [0.717, 1.165) is 11.3 Å². The molecule has 1 aromatic carbocycles. The summed E-state index contributed by atoms with van der Waals surface area (Å²) in [5.41, 5.74) is 1.86. The summed E-state index contributed by atoms with van der Waals surface area (Å²) < 4.78 is 39.4. The molecule has 21 heavy (non-hydrogen) atoms. The Balaban J connectivity index is 2.01. The molecule has 6 heteroatoms. The van der Waals surface area contributed by atoms with Crippen LogP contribution in [0.4, 0.5) is 13.2 Å². The van der Waals surface area contributed by atoms with Crippen molar-refractivity contribution >= 4 is 0 Å². The Kier molecular flexibility index (Phi) is 4.67. The molecule has 0 N–H and O–H groups in total. The lowest BCUT2D eigenvalue weighted by molar-refractivity contribution is -0.173. The summed E-state index contributed by atoms with van der Waals surface area (Å²) in [6.45, 7) is 1.65.